The van der Waals surface area contributed by atoms with Crippen molar-refractivity contribution in [2.45, 2.75) is 32.7 Å². The fourth-order valence-corrected chi connectivity index (χ4v) is 1.71. The zero-order chi connectivity index (χ0) is 10.0. The van der Waals surface area contributed by atoms with Gasteiger partial charge in [0.15, 0.2) is 0 Å². The van der Waals surface area contributed by atoms with Crippen LogP contribution in [0.4, 0.5) is 8.78 Å². The summed E-state index contributed by atoms with van der Waals surface area (Å²) in [6.07, 6.45) is -1.89. The van der Waals surface area contributed by atoms with E-state index in [0.717, 1.165) is 0 Å². The second-order valence-electron chi connectivity index (χ2n) is 3.63. The fourth-order valence-electron chi connectivity index (χ4n) is 1.71. The molecular formula is C9H15F2NO. The molecule has 0 radical (unpaired) electrons. The lowest BCUT2D eigenvalue weighted by atomic mass is 9.91. The van der Waals surface area contributed by atoms with Gasteiger partial charge in [-0.15, -0.1) is 0 Å². The van der Waals surface area contributed by atoms with Crippen molar-refractivity contribution >= 4 is 5.78 Å². The van der Waals surface area contributed by atoms with Gasteiger partial charge in [-0.3, -0.25) is 9.69 Å². The Bertz CT molecular complexity index is 196. The van der Waals surface area contributed by atoms with Gasteiger partial charge in [0.2, 0.25) is 0 Å². The van der Waals surface area contributed by atoms with Crippen molar-refractivity contribution < 1.29 is 13.6 Å². The largest absolute Gasteiger partial charge is 0.299 e. The van der Waals surface area contributed by atoms with Crippen LogP contribution in [0.3, 0.4) is 0 Å². The highest BCUT2D eigenvalue weighted by Crippen LogP contribution is 2.20. The fraction of sp³-hybridized carbons (Fsp3) is 0.889. The smallest absolute Gasteiger partial charge is 0.251 e. The molecule has 1 heterocycles. The lowest BCUT2D eigenvalue weighted by Gasteiger charge is -2.36. The van der Waals surface area contributed by atoms with Gasteiger partial charge in [-0.25, -0.2) is 8.78 Å². The standard InChI is InChI=1S/C9H15F2NO/c1-6-7(2)12(5-9(10)11)4-3-8(6)13/h6-7,9H,3-5H2,1-2H3. The van der Waals surface area contributed by atoms with Crippen molar-refractivity contribution in [3.8, 4) is 0 Å². The number of Topliss-reactive ketones (excluding diaryl/α,β-unsaturated/α-hetero) is 1. The normalized spacial score (nSPS) is 31.3. The van der Waals surface area contributed by atoms with Crippen LogP contribution in [-0.4, -0.2) is 36.2 Å². The van der Waals surface area contributed by atoms with Gasteiger partial charge < -0.3 is 0 Å². The quantitative estimate of drug-likeness (QED) is 0.660. The molecule has 2 nitrogen and oxygen atoms in total. The molecule has 2 unspecified atom stereocenters. The minimum Gasteiger partial charge on any atom is -0.299 e. The van der Waals surface area contributed by atoms with Crippen LogP contribution in [0, 0.1) is 5.92 Å². The molecule has 1 rings (SSSR count). The van der Waals surface area contributed by atoms with E-state index in [-0.39, 0.29) is 24.3 Å². The molecule has 0 saturated carbocycles. The summed E-state index contributed by atoms with van der Waals surface area (Å²) in [6, 6.07) is -0.0461. The molecule has 0 aromatic carbocycles. The minimum atomic E-state index is -2.30. The molecule has 0 aromatic heterocycles. The lowest BCUT2D eigenvalue weighted by molar-refractivity contribution is -0.128. The van der Waals surface area contributed by atoms with E-state index in [1.165, 1.54) is 0 Å². The Balaban J connectivity index is 2.53. The third-order valence-electron chi connectivity index (χ3n) is 2.83. The number of carbonyl (C=O) groups excluding carboxylic acids is 1. The van der Waals surface area contributed by atoms with Crippen LogP contribution in [0.2, 0.25) is 0 Å². The van der Waals surface area contributed by atoms with Crippen molar-refractivity contribution in [2.75, 3.05) is 13.1 Å². The van der Waals surface area contributed by atoms with Crippen LogP contribution in [-0.2, 0) is 4.79 Å². The molecule has 4 heteroatoms. The third kappa shape index (κ3) is 2.46. The lowest BCUT2D eigenvalue weighted by Crippen LogP contribution is -2.48. The minimum absolute atomic E-state index is 0.0461. The van der Waals surface area contributed by atoms with Crippen molar-refractivity contribution in [1.82, 2.24) is 4.90 Å². The topological polar surface area (TPSA) is 20.3 Å². The Kier molecular flexibility index (Phi) is 3.36. The van der Waals surface area contributed by atoms with E-state index in [9.17, 15) is 13.6 Å². The molecule has 1 fully saturated rings. The Morgan fingerprint density at radius 3 is 2.69 bits per heavy atom. The first-order valence-electron chi connectivity index (χ1n) is 4.57. The highest BCUT2D eigenvalue weighted by atomic mass is 19.3. The molecule has 0 amide bonds. The summed E-state index contributed by atoms with van der Waals surface area (Å²) in [6.45, 7) is 3.92. The number of piperidine rings is 1. The van der Waals surface area contributed by atoms with E-state index in [1.807, 2.05) is 13.8 Å². The number of carbonyl (C=O) groups is 1. The molecule has 2 atom stereocenters. The van der Waals surface area contributed by atoms with Gasteiger partial charge in [0.05, 0.1) is 6.54 Å². The van der Waals surface area contributed by atoms with E-state index in [0.29, 0.717) is 13.0 Å². The van der Waals surface area contributed by atoms with Crippen LogP contribution in [0.15, 0.2) is 0 Å². The first-order valence-corrected chi connectivity index (χ1v) is 4.57. The Labute approximate surface area is 76.9 Å². The van der Waals surface area contributed by atoms with E-state index in [4.69, 9.17) is 0 Å². The molecule has 76 valence electrons. The second-order valence-corrected chi connectivity index (χ2v) is 3.63. The summed E-state index contributed by atoms with van der Waals surface area (Å²) >= 11 is 0. The number of likely N-dealkylation sites (tertiary alicyclic amines) is 1. The molecule has 0 spiro atoms. The van der Waals surface area contributed by atoms with Gasteiger partial charge in [-0.2, -0.15) is 0 Å². The van der Waals surface area contributed by atoms with E-state index >= 15 is 0 Å². The molecule has 1 aliphatic rings. The molecule has 1 saturated heterocycles. The van der Waals surface area contributed by atoms with Crippen molar-refractivity contribution in [2.24, 2.45) is 5.92 Å². The predicted molar refractivity (Wildman–Crippen MR) is 45.8 cm³/mol. The predicted octanol–water partition coefficient (Wildman–Crippen LogP) is 1.55. The molecule has 0 aliphatic carbocycles. The number of rotatable bonds is 2. The summed E-state index contributed by atoms with van der Waals surface area (Å²) in [4.78, 5) is 12.9. The first kappa shape index (κ1) is 10.6. The number of hydrogen-bond acceptors (Lipinski definition) is 2. The van der Waals surface area contributed by atoms with Gasteiger partial charge in [0.25, 0.3) is 6.43 Å². The highest BCUT2D eigenvalue weighted by molar-refractivity contribution is 5.82. The number of nitrogens with zero attached hydrogens (tertiary/aromatic N) is 1. The average Bonchev–Trinajstić information content (AvgIpc) is 2.06. The summed E-state index contributed by atoms with van der Waals surface area (Å²) in [5.41, 5.74) is 0. The maximum absolute atomic E-state index is 12.1. The van der Waals surface area contributed by atoms with Crippen LogP contribution >= 0.6 is 0 Å². The third-order valence-corrected chi connectivity index (χ3v) is 2.83. The first-order chi connectivity index (χ1) is 6.02. The van der Waals surface area contributed by atoms with Crippen LogP contribution in [0.5, 0.6) is 0 Å². The van der Waals surface area contributed by atoms with Crippen molar-refractivity contribution in [3.05, 3.63) is 0 Å². The number of ketones is 1. The van der Waals surface area contributed by atoms with E-state index in [2.05, 4.69) is 0 Å². The van der Waals surface area contributed by atoms with E-state index < -0.39 is 6.43 Å². The zero-order valence-corrected chi connectivity index (χ0v) is 7.96. The molecular weight excluding hydrogens is 176 g/mol. The monoisotopic (exact) mass is 191 g/mol. The average molecular weight is 191 g/mol. The Hall–Kier alpha value is -0.510. The van der Waals surface area contributed by atoms with Gasteiger partial charge >= 0.3 is 0 Å². The van der Waals surface area contributed by atoms with Gasteiger partial charge in [0.1, 0.15) is 5.78 Å². The van der Waals surface area contributed by atoms with Crippen LogP contribution < -0.4 is 0 Å². The Morgan fingerprint density at radius 1 is 1.54 bits per heavy atom. The number of halogens is 2. The number of alkyl halides is 2. The zero-order valence-electron chi connectivity index (χ0n) is 7.96. The van der Waals surface area contributed by atoms with Crippen LogP contribution in [0.25, 0.3) is 0 Å². The van der Waals surface area contributed by atoms with Gasteiger partial charge in [-0.1, -0.05) is 6.92 Å². The molecule has 0 bridgehead atoms. The molecule has 1 aliphatic heterocycles. The van der Waals surface area contributed by atoms with Crippen LogP contribution in [0.1, 0.15) is 20.3 Å². The SMILES string of the molecule is CC1C(=O)CCN(CC(F)F)C1C. The number of hydrogen-bond donors (Lipinski definition) is 0. The van der Waals surface area contributed by atoms with Gasteiger partial charge in [-0.05, 0) is 6.92 Å². The molecule has 13 heavy (non-hydrogen) atoms. The molecule has 0 aromatic rings. The van der Waals surface area contributed by atoms with Crippen molar-refractivity contribution in [3.63, 3.8) is 0 Å². The summed E-state index contributed by atoms with van der Waals surface area (Å²) in [5.74, 6) is 0.0884. The summed E-state index contributed by atoms with van der Waals surface area (Å²) in [5, 5.41) is 0. The summed E-state index contributed by atoms with van der Waals surface area (Å²) < 4.78 is 24.2. The summed E-state index contributed by atoms with van der Waals surface area (Å²) in [7, 11) is 0. The van der Waals surface area contributed by atoms with Gasteiger partial charge in [0, 0.05) is 24.9 Å². The second kappa shape index (κ2) is 4.13. The highest BCUT2D eigenvalue weighted by Gasteiger charge is 2.31. The molecule has 0 N–H and O–H groups in total. The van der Waals surface area contributed by atoms with Crippen molar-refractivity contribution in [1.29, 1.82) is 0 Å². The Morgan fingerprint density at radius 2 is 2.15 bits per heavy atom. The maximum atomic E-state index is 12.1. The maximum Gasteiger partial charge on any atom is 0.251 e. The van der Waals surface area contributed by atoms with E-state index in [1.54, 1.807) is 4.90 Å².